The molecule has 33 heavy (non-hydrogen) atoms. The first kappa shape index (κ1) is 22.4. The van der Waals surface area contributed by atoms with E-state index in [1.54, 1.807) is 19.1 Å². The largest absolute Gasteiger partial charge is 0.497 e. The number of nitrogens with zero attached hydrogens (tertiary/aromatic N) is 1. The molecule has 170 valence electrons. The molecule has 1 saturated heterocycles. The zero-order valence-corrected chi connectivity index (χ0v) is 19.1. The molecule has 0 aromatic heterocycles. The van der Waals surface area contributed by atoms with Gasteiger partial charge in [-0.2, -0.15) is 0 Å². The van der Waals surface area contributed by atoms with Crippen LogP contribution in [0.5, 0.6) is 11.5 Å². The van der Waals surface area contributed by atoms with E-state index in [1.165, 1.54) is 0 Å². The van der Waals surface area contributed by atoms with Crippen molar-refractivity contribution in [1.29, 1.82) is 0 Å². The summed E-state index contributed by atoms with van der Waals surface area (Å²) < 4.78 is 10.9. The maximum absolute atomic E-state index is 13.6. The van der Waals surface area contributed by atoms with Gasteiger partial charge >= 0.3 is 0 Å². The quantitative estimate of drug-likeness (QED) is 0.572. The van der Waals surface area contributed by atoms with Crippen LogP contribution in [0.15, 0.2) is 72.8 Å². The Labute approximate surface area is 194 Å². The number of hydrogen-bond acceptors (Lipinski definition) is 4. The number of rotatable bonds is 6. The molecule has 0 radical (unpaired) electrons. The summed E-state index contributed by atoms with van der Waals surface area (Å²) in [6, 6.07) is 22.1. The summed E-state index contributed by atoms with van der Waals surface area (Å²) in [5.41, 5.74) is 3.27. The summed E-state index contributed by atoms with van der Waals surface area (Å²) in [6.07, 6.45) is 0.732. The molecule has 1 N–H and O–H groups in total. The highest BCUT2D eigenvalue weighted by Gasteiger charge is 2.42. The third kappa shape index (κ3) is 4.55. The molecule has 3 aromatic rings. The van der Waals surface area contributed by atoms with Gasteiger partial charge in [0.15, 0.2) is 0 Å². The molecule has 6 heteroatoms. The molecule has 0 aliphatic carbocycles. The van der Waals surface area contributed by atoms with E-state index in [9.17, 15) is 9.59 Å². The number of methoxy groups -OCH3 is 2. The van der Waals surface area contributed by atoms with Gasteiger partial charge in [0.1, 0.15) is 11.5 Å². The van der Waals surface area contributed by atoms with Crippen LogP contribution in [-0.2, 0) is 9.59 Å². The first-order valence-corrected chi connectivity index (χ1v) is 11.0. The van der Waals surface area contributed by atoms with Crippen LogP contribution in [0.3, 0.4) is 0 Å². The second-order valence-electron chi connectivity index (χ2n) is 8.10. The molecule has 1 aliphatic rings. The average molecular weight is 445 g/mol. The number of amides is 2. The van der Waals surface area contributed by atoms with Crippen molar-refractivity contribution in [2.75, 3.05) is 24.4 Å². The Morgan fingerprint density at radius 1 is 0.939 bits per heavy atom. The number of nitrogens with one attached hydrogen (secondary N) is 1. The monoisotopic (exact) mass is 444 g/mol. The molecule has 1 aliphatic heterocycles. The first-order valence-electron chi connectivity index (χ1n) is 11.0. The van der Waals surface area contributed by atoms with Gasteiger partial charge in [-0.1, -0.05) is 36.4 Å². The number of aryl methyl sites for hydroxylation is 1. The van der Waals surface area contributed by atoms with Crippen molar-refractivity contribution in [2.24, 2.45) is 5.92 Å². The molecule has 0 saturated carbocycles. The highest BCUT2D eigenvalue weighted by atomic mass is 16.5. The summed E-state index contributed by atoms with van der Waals surface area (Å²) in [5, 5.41) is 3.08. The Morgan fingerprint density at radius 2 is 1.64 bits per heavy atom. The lowest BCUT2D eigenvalue weighted by Gasteiger charge is -2.41. The van der Waals surface area contributed by atoms with Gasteiger partial charge in [0.05, 0.1) is 26.2 Å². The number of hydrogen-bond donors (Lipinski definition) is 1. The Kier molecular flexibility index (Phi) is 6.63. The molecular formula is C27H28N2O4. The fraction of sp³-hybridized carbons (Fsp3) is 0.259. The van der Waals surface area contributed by atoms with Gasteiger partial charge in [-0.15, -0.1) is 0 Å². The zero-order valence-electron chi connectivity index (χ0n) is 19.1. The van der Waals surface area contributed by atoms with E-state index in [4.69, 9.17) is 9.47 Å². The number of anilines is 2. The molecular weight excluding hydrogens is 416 g/mol. The predicted molar refractivity (Wildman–Crippen MR) is 129 cm³/mol. The Hall–Kier alpha value is -3.80. The van der Waals surface area contributed by atoms with Crippen LogP contribution in [0.2, 0.25) is 0 Å². The minimum Gasteiger partial charge on any atom is -0.497 e. The molecule has 0 spiro atoms. The summed E-state index contributed by atoms with van der Waals surface area (Å²) in [5.74, 6) is 0.734. The number of carbonyl (C=O) groups excluding carboxylic acids is 2. The van der Waals surface area contributed by atoms with Crippen LogP contribution in [-0.4, -0.2) is 26.0 Å². The van der Waals surface area contributed by atoms with Gasteiger partial charge in [-0.05, 0) is 55.3 Å². The van der Waals surface area contributed by atoms with E-state index in [2.05, 4.69) is 5.32 Å². The van der Waals surface area contributed by atoms with Gasteiger partial charge in [-0.3, -0.25) is 9.59 Å². The standard InChI is InChI=1S/C27H28N2O4/c1-18-8-4-6-10-23(18)28-27(31)22-16-17-25(30)29(19-12-14-20(32-2)15-13-19)26(22)21-9-5-7-11-24(21)33-3/h4-15,22,26H,16-17H2,1-3H3,(H,28,31)/t22-,26+/m1/s1. The number of para-hydroxylation sites is 2. The van der Waals surface area contributed by atoms with Crippen molar-refractivity contribution in [1.82, 2.24) is 0 Å². The zero-order chi connectivity index (χ0) is 23.4. The van der Waals surface area contributed by atoms with Crippen molar-refractivity contribution in [3.05, 3.63) is 83.9 Å². The van der Waals surface area contributed by atoms with Crippen LogP contribution < -0.4 is 19.7 Å². The van der Waals surface area contributed by atoms with E-state index in [1.807, 2.05) is 79.7 Å². The summed E-state index contributed by atoms with van der Waals surface area (Å²) in [4.78, 5) is 28.5. The average Bonchev–Trinajstić information content (AvgIpc) is 2.85. The molecule has 0 bridgehead atoms. The summed E-state index contributed by atoms with van der Waals surface area (Å²) in [7, 11) is 3.20. The van der Waals surface area contributed by atoms with E-state index in [-0.39, 0.29) is 18.2 Å². The SMILES string of the molecule is COc1ccc(N2C(=O)CC[C@@H](C(=O)Nc3ccccc3C)[C@@H]2c2ccccc2OC)cc1. The van der Waals surface area contributed by atoms with E-state index in [0.717, 1.165) is 16.8 Å². The molecule has 6 nitrogen and oxygen atoms in total. The summed E-state index contributed by atoms with van der Waals surface area (Å²) in [6.45, 7) is 1.96. The topological polar surface area (TPSA) is 67.9 Å². The highest BCUT2D eigenvalue weighted by Crippen LogP contribution is 2.43. The maximum atomic E-state index is 13.6. The fourth-order valence-corrected chi connectivity index (χ4v) is 4.42. The summed E-state index contributed by atoms with van der Waals surface area (Å²) >= 11 is 0. The highest BCUT2D eigenvalue weighted by molar-refractivity contribution is 6.00. The smallest absolute Gasteiger partial charge is 0.229 e. The van der Waals surface area contributed by atoms with Crippen LogP contribution in [0.25, 0.3) is 0 Å². The maximum Gasteiger partial charge on any atom is 0.229 e. The van der Waals surface area contributed by atoms with Crippen molar-refractivity contribution in [2.45, 2.75) is 25.8 Å². The van der Waals surface area contributed by atoms with Crippen molar-refractivity contribution in [3.8, 4) is 11.5 Å². The minimum absolute atomic E-state index is 0.0315. The molecule has 3 aromatic carbocycles. The van der Waals surface area contributed by atoms with Crippen LogP contribution in [0.4, 0.5) is 11.4 Å². The second-order valence-corrected chi connectivity index (χ2v) is 8.10. The molecule has 1 fully saturated rings. The van der Waals surface area contributed by atoms with Crippen molar-refractivity contribution in [3.63, 3.8) is 0 Å². The Morgan fingerprint density at radius 3 is 2.33 bits per heavy atom. The van der Waals surface area contributed by atoms with Crippen molar-refractivity contribution >= 4 is 23.2 Å². The third-order valence-electron chi connectivity index (χ3n) is 6.15. The lowest BCUT2D eigenvalue weighted by atomic mass is 9.82. The number of ether oxygens (including phenoxy) is 2. The molecule has 0 unspecified atom stereocenters. The van der Waals surface area contributed by atoms with Gasteiger partial charge in [0, 0.05) is 23.4 Å². The predicted octanol–water partition coefficient (Wildman–Crippen LogP) is 5.14. The number of benzene rings is 3. The van der Waals surface area contributed by atoms with Crippen molar-refractivity contribution < 1.29 is 19.1 Å². The minimum atomic E-state index is -0.514. The Balaban J connectivity index is 1.78. The molecule has 2 atom stereocenters. The van der Waals surface area contributed by atoms with E-state index in [0.29, 0.717) is 23.6 Å². The fourth-order valence-electron chi connectivity index (χ4n) is 4.42. The lowest BCUT2D eigenvalue weighted by molar-refractivity contribution is -0.126. The van der Waals surface area contributed by atoms with Gasteiger partial charge < -0.3 is 19.7 Å². The lowest BCUT2D eigenvalue weighted by Crippen LogP contribution is -2.47. The first-order chi connectivity index (χ1) is 16.0. The number of carbonyl (C=O) groups is 2. The molecule has 2 amide bonds. The van der Waals surface area contributed by atoms with Gasteiger partial charge in [0.2, 0.25) is 11.8 Å². The van der Waals surface area contributed by atoms with Crippen LogP contribution in [0, 0.1) is 12.8 Å². The normalized spacial score (nSPS) is 18.0. The third-order valence-corrected chi connectivity index (χ3v) is 6.15. The van der Waals surface area contributed by atoms with Crippen LogP contribution >= 0.6 is 0 Å². The Bertz CT molecular complexity index is 1140. The number of piperidine rings is 1. The van der Waals surface area contributed by atoms with E-state index >= 15 is 0 Å². The second kappa shape index (κ2) is 9.77. The van der Waals surface area contributed by atoms with E-state index < -0.39 is 12.0 Å². The molecule has 4 rings (SSSR count). The van der Waals surface area contributed by atoms with Gasteiger partial charge in [-0.25, -0.2) is 0 Å². The van der Waals surface area contributed by atoms with Gasteiger partial charge in [0.25, 0.3) is 0 Å². The van der Waals surface area contributed by atoms with Crippen LogP contribution in [0.1, 0.15) is 30.0 Å². The molecule has 1 heterocycles.